The number of imide groups is 1. The molecule has 23 heavy (non-hydrogen) atoms. The van der Waals surface area contributed by atoms with Crippen LogP contribution in [0.2, 0.25) is 0 Å². The average molecular weight is 326 g/mol. The summed E-state index contributed by atoms with van der Waals surface area (Å²) < 4.78 is 9.77. The maximum absolute atomic E-state index is 12.3. The van der Waals surface area contributed by atoms with E-state index in [1.165, 1.54) is 0 Å². The van der Waals surface area contributed by atoms with E-state index in [0.717, 1.165) is 17.7 Å². The van der Waals surface area contributed by atoms with E-state index in [4.69, 9.17) is 9.47 Å². The fourth-order valence-electron chi connectivity index (χ4n) is 2.82. The second-order valence-corrected chi connectivity index (χ2v) is 6.86. The van der Waals surface area contributed by atoms with E-state index in [1.807, 2.05) is 0 Å². The molecule has 8 nitrogen and oxygen atoms in total. The topological polar surface area (TPSA) is 102 Å². The molecule has 1 saturated heterocycles. The highest BCUT2D eigenvalue weighted by Crippen LogP contribution is 2.34. The molecule has 0 aromatic rings. The van der Waals surface area contributed by atoms with Crippen LogP contribution in [0.1, 0.15) is 46.5 Å². The van der Waals surface area contributed by atoms with Gasteiger partial charge in [0.25, 0.3) is 5.91 Å². The number of esters is 2. The first-order chi connectivity index (χ1) is 10.6. The molecule has 0 aromatic carbocycles. The lowest BCUT2D eigenvalue weighted by Crippen LogP contribution is -2.44. The van der Waals surface area contributed by atoms with Gasteiger partial charge in [-0.1, -0.05) is 12.8 Å². The van der Waals surface area contributed by atoms with Gasteiger partial charge in [-0.05, 0) is 33.6 Å². The second-order valence-electron chi connectivity index (χ2n) is 6.86. The lowest BCUT2D eigenvalue weighted by atomic mass is 9.98. The molecule has 1 aliphatic heterocycles. The minimum Gasteiger partial charge on any atom is -0.457 e. The van der Waals surface area contributed by atoms with Crippen molar-refractivity contribution in [3.05, 3.63) is 0 Å². The maximum atomic E-state index is 12.3. The monoisotopic (exact) mass is 326 g/mol. The summed E-state index contributed by atoms with van der Waals surface area (Å²) in [4.78, 5) is 48.3. The van der Waals surface area contributed by atoms with Crippen molar-refractivity contribution >= 4 is 23.9 Å². The highest BCUT2D eigenvalue weighted by atomic mass is 16.6. The molecule has 0 bridgehead atoms. The Morgan fingerprint density at radius 2 is 1.78 bits per heavy atom. The molecule has 1 saturated carbocycles. The Kier molecular flexibility index (Phi) is 4.63. The summed E-state index contributed by atoms with van der Waals surface area (Å²) in [7, 11) is 0. The van der Waals surface area contributed by atoms with Gasteiger partial charge in [0, 0.05) is 0 Å². The first kappa shape index (κ1) is 17.2. The standard InChI is InChI=1S/C15H22N2O6/c1-14(2,3)23-11(19)9-22-10(18)8-17-12(20)15(16-13(17)21)6-4-5-7-15/h4-9H2,1-3H3,(H,16,21). The number of urea groups is 1. The lowest BCUT2D eigenvalue weighted by Gasteiger charge is -2.20. The van der Waals surface area contributed by atoms with Crippen LogP contribution in [0.3, 0.4) is 0 Å². The first-order valence-corrected chi connectivity index (χ1v) is 7.65. The number of nitrogens with zero attached hydrogens (tertiary/aromatic N) is 1. The number of hydrogen-bond acceptors (Lipinski definition) is 6. The Hall–Kier alpha value is -2.12. The summed E-state index contributed by atoms with van der Waals surface area (Å²) in [5, 5.41) is 2.67. The molecule has 2 fully saturated rings. The zero-order valence-corrected chi connectivity index (χ0v) is 13.6. The van der Waals surface area contributed by atoms with Crippen LogP contribution in [0.4, 0.5) is 4.79 Å². The normalized spacial score (nSPS) is 19.9. The molecule has 0 unspecified atom stereocenters. The van der Waals surface area contributed by atoms with Gasteiger partial charge in [-0.2, -0.15) is 0 Å². The summed E-state index contributed by atoms with van der Waals surface area (Å²) in [6.07, 6.45) is 2.90. The third kappa shape index (κ3) is 4.00. The highest BCUT2D eigenvalue weighted by Gasteiger charge is 2.52. The number of hydrogen-bond donors (Lipinski definition) is 1. The van der Waals surface area contributed by atoms with Crippen LogP contribution in [0.15, 0.2) is 0 Å². The van der Waals surface area contributed by atoms with Crippen LogP contribution in [0, 0.1) is 0 Å². The van der Waals surface area contributed by atoms with Gasteiger partial charge in [-0.15, -0.1) is 0 Å². The zero-order valence-electron chi connectivity index (χ0n) is 13.6. The third-order valence-corrected chi connectivity index (χ3v) is 3.76. The van der Waals surface area contributed by atoms with Gasteiger partial charge in [0.2, 0.25) is 0 Å². The number of nitrogens with one attached hydrogen (secondary N) is 1. The van der Waals surface area contributed by atoms with Crippen molar-refractivity contribution in [2.45, 2.75) is 57.6 Å². The average Bonchev–Trinajstić information content (AvgIpc) is 2.96. The lowest BCUT2D eigenvalue weighted by molar-refractivity contribution is -0.166. The number of carbonyl (C=O) groups excluding carboxylic acids is 4. The van der Waals surface area contributed by atoms with Crippen LogP contribution in [0.5, 0.6) is 0 Å². The Morgan fingerprint density at radius 1 is 1.17 bits per heavy atom. The number of carbonyl (C=O) groups is 4. The minimum atomic E-state index is -0.859. The fourth-order valence-corrected chi connectivity index (χ4v) is 2.82. The molecular formula is C15H22N2O6. The maximum Gasteiger partial charge on any atom is 0.344 e. The van der Waals surface area contributed by atoms with Crippen LogP contribution in [-0.4, -0.2) is 53.1 Å². The molecule has 0 atom stereocenters. The summed E-state index contributed by atoms with van der Waals surface area (Å²) in [5.41, 5.74) is -1.54. The van der Waals surface area contributed by atoms with E-state index in [1.54, 1.807) is 20.8 Å². The van der Waals surface area contributed by atoms with E-state index < -0.39 is 48.2 Å². The molecule has 2 aliphatic rings. The smallest absolute Gasteiger partial charge is 0.344 e. The van der Waals surface area contributed by atoms with Crippen LogP contribution in [-0.2, 0) is 23.9 Å². The van der Waals surface area contributed by atoms with Gasteiger partial charge in [0.05, 0.1) is 0 Å². The minimum absolute atomic E-state index is 0.394. The highest BCUT2D eigenvalue weighted by molar-refractivity contribution is 6.08. The Balaban J connectivity index is 1.85. The fraction of sp³-hybridized carbons (Fsp3) is 0.733. The van der Waals surface area contributed by atoms with E-state index >= 15 is 0 Å². The second kappa shape index (κ2) is 6.17. The first-order valence-electron chi connectivity index (χ1n) is 7.65. The van der Waals surface area contributed by atoms with Gasteiger partial charge in [-0.25, -0.2) is 9.59 Å². The molecule has 0 aromatic heterocycles. The van der Waals surface area contributed by atoms with Crippen LogP contribution >= 0.6 is 0 Å². The molecule has 8 heteroatoms. The van der Waals surface area contributed by atoms with Crippen molar-refractivity contribution in [2.24, 2.45) is 0 Å². The van der Waals surface area contributed by atoms with Crippen LogP contribution < -0.4 is 5.32 Å². The van der Waals surface area contributed by atoms with Gasteiger partial charge >= 0.3 is 18.0 Å². The quantitative estimate of drug-likeness (QED) is 0.604. The van der Waals surface area contributed by atoms with E-state index in [0.29, 0.717) is 12.8 Å². The Labute approximate surface area is 134 Å². The van der Waals surface area contributed by atoms with Crippen molar-refractivity contribution in [3.8, 4) is 0 Å². The van der Waals surface area contributed by atoms with Crippen molar-refractivity contribution < 1.29 is 28.7 Å². The van der Waals surface area contributed by atoms with Gasteiger partial charge in [0.15, 0.2) is 6.61 Å². The van der Waals surface area contributed by atoms with Crippen molar-refractivity contribution in [3.63, 3.8) is 0 Å². The largest absolute Gasteiger partial charge is 0.457 e. The van der Waals surface area contributed by atoms with Crippen molar-refractivity contribution in [1.82, 2.24) is 10.2 Å². The van der Waals surface area contributed by atoms with Crippen LogP contribution in [0.25, 0.3) is 0 Å². The summed E-state index contributed by atoms with van der Waals surface area (Å²) in [5.74, 6) is -1.90. The van der Waals surface area contributed by atoms with Gasteiger partial charge in [-0.3, -0.25) is 14.5 Å². The van der Waals surface area contributed by atoms with Crippen molar-refractivity contribution in [2.75, 3.05) is 13.2 Å². The summed E-state index contributed by atoms with van der Waals surface area (Å²) >= 11 is 0. The molecule has 128 valence electrons. The van der Waals surface area contributed by atoms with E-state index in [2.05, 4.69) is 5.32 Å². The third-order valence-electron chi connectivity index (χ3n) is 3.76. The summed E-state index contributed by atoms with van der Waals surface area (Å²) in [6.45, 7) is 4.03. The predicted octanol–water partition coefficient (Wildman–Crippen LogP) is 0.736. The van der Waals surface area contributed by atoms with Gasteiger partial charge in [0.1, 0.15) is 17.7 Å². The molecule has 3 amide bonds. The molecule has 2 rings (SSSR count). The number of amides is 3. The van der Waals surface area contributed by atoms with Crippen molar-refractivity contribution in [1.29, 1.82) is 0 Å². The summed E-state index contributed by atoms with van der Waals surface area (Å²) in [6, 6.07) is -0.592. The van der Waals surface area contributed by atoms with Gasteiger partial charge < -0.3 is 14.8 Å². The number of rotatable bonds is 4. The number of ether oxygens (including phenoxy) is 2. The molecule has 1 N–H and O–H groups in total. The molecular weight excluding hydrogens is 304 g/mol. The SMILES string of the molecule is CC(C)(C)OC(=O)COC(=O)CN1C(=O)NC2(CCCC2)C1=O. The Bertz CT molecular complexity index is 531. The molecule has 1 spiro atoms. The Morgan fingerprint density at radius 3 is 2.35 bits per heavy atom. The molecule has 1 heterocycles. The van der Waals surface area contributed by atoms with E-state index in [9.17, 15) is 19.2 Å². The molecule has 0 radical (unpaired) electrons. The molecule has 1 aliphatic carbocycles. The predicted molar refractivity (Wildman–Crippen MR) is 78.2 cm³/mol. The van der Waals surface area contributed by atoms with E-state index in [-0.39, 0.29) is 0 Å². The zero-order chi connectivity index (χ0) is 17.3.